The Morgan fingerprint density at radius 1 is 1.00 bits per heavy atom. The molecule has 0 spiro atoms. The molecule has 4 nitrogen and oxygen atoms in total. The van der Waals surface area contributed by atoms with Crippen molar-refractivity contribution in [2.75, 3.05) is 13.2 Å². The van der Waals surface area contributed by atoms with Gasteiger partial charge in [0, 0.05) is 0 Å². The summed E-state index contributed by atoms with van der Waals surface area (Å²) < 4.78 is 9.30. The van der Waals surface area contributed by atoms with E-state index in [0.29, 0.717) is 0 Å². The molecule has 0 unspecified atom stereocenters. The molecule has 54 valence electrons. The highest BCUT2D eigenvalue weighted by molar-refractivity contribution is 5.87. The number of hydrogen-bond donors (Lipinski definition) is 0. The number of cyclic esters (lactones) is 2. The van der Waals surface area contributed by atoms with E-state index in [-0.39, 0.29) is 37.0 Å². The highest BCUT2D eigenvalue weighted by Crippen LogP contribution is 2.28. The van der Waals surface area contributed by atoms with Gasteiger partial charge in [0.2, 0.25) is 0 Å². The highest BCUT2D eigenvalue weighted by atomic mass is 16.6. The minimum Gasteiger partial charge on any atom is -0.464 e. The van der Waals surface area contributed by atoms with Crippen LogP contribution >= 0.6 is 0 Å². The predicted molar refractivity (Wildman–Crippen MR) is 28.9 cm³/mol. The lowest BCUT2D eigenvalue weighted by molar-refractivity contribution is -0.145. The molecule has 0 aromatic rings. The smallest absolute Gasteiger partial charge is 0.313 e. The molecule has 0 amide bonds. The van der Waals surface area contributed by atoms with Gasteiger partial charge in [-0.3, -0.25) is 9.59 Å². The topological polar surface area (TPSA) is 52.6 Å². The SMILES string of the molecule is O=C1OC[C@@H]2C(=O)OC[C@H]12. The van der Waals surface area contributed by atoms with E-state index < -0.39 is 0 Å². The van der Waals surface area contributed by atoms with Gasteiger partial charge in [-0.05, 0) is 0 Å². The van der Waals surface area contributed by atoms with Crippen molar-refractivity contribution in [3.05, 3.63) is 0 Å². The second kappa shape index (κ2) is 1.71. The van der Waals surface area contributed by atoms with Gasteiger partial charge in [-0.15, -0.1) is 0 Å². The van der Waals surface area contributed by atoms with Crippen LogP contribution in [-0.2, 0) is 19.1 Å². The average molecular weight is 142 g/mol. The van der Waals surface area contributed by atoms with Crippen molar-refractivity contribution in [3.8, 4) is 0 Å². The summed E-state index contributed by atoms with van der Waals surface area (Å²) in [5, 5.41) is 0. The van der Waals surface area contributed by atoms with Gasteiger partial charge < -0.3 is 9.47 Å². The average Bonchev–Trinajstić information content (AvgIpc) is 2.41. The molecule has 2 heterocycles. The Labute approximate surface area is 57.1 Å². The van der Waals surface area contributed by atoms with Crippen LogP contribution < -0.4 is 0 Å². The zero-order valence-corrected chi connectivity index (χ0v) is 5.20. The van der Waals surface area contributed by atoms with Crippen molar-refractivity contribution in [3.63, 3.8) is 0 Å². The van der Waals surface area contributed by atoms with Gasteiger partial charge >= 0.3 is 11.9 Å². The van der Waals surface area contributed by atoms with Crippen molar-refractivity contribution < 1.29 is 19.1 Å². The Balaban J connectivity index is 2.24. The Morgan fingerprint density at radius 3 is 1.80 bits per heavy atom. The standard InChI is InChI=1S/C6H6O4/c7-5-3-1-9-6(8)4(3)2-10-5/h3-4H,1-2H2/t3-,4-/m0/s1. The second-order valence-corrected chi connectivity index (χ2v) is 2.47. The number of carbonyl (C=O) groups is 2. The molecule has 2 saturated heterocycles. The van der Waals surface area contributed by atoms with E-state index in [1.165, 1.54) is 0 Å². The summed E-state index contributed by atoms with van der Waals surface area (Å²) in [6, 6.07) is 0. The predicted octanol–water partition coefficient (Wildman–Crippen LogP) is -0.668. The number of carbonyl (C=O) groups excluding carboxylic acids is 2. The summed E-state index contributed by atoms with van der Waals surface area (Å²) in [6.07, 6.45) is 0. The van der Waals surface area contributed by atoms with E-state index in [9.17, 15) is 9.59 Å². The van der Waals surface area contributed by atoms with Crippen LogP contribution in [0.3, 0.4) is 0 Å². The van der Waals surface area contributed by atoms with Crippen LogP contribution in [0.5, 0.6) is 0 Å². The Hall–Kier alpha value is -1.06. The number of rotatable bonds is 0. The quantitative estimate of drug-likeness (QED) is 0.421. The lowest BCUT2D eigenvalue weighted by Gasteiger charge is -1.94. The minimum absolute atomic E-state index is 0.211. The van der Waals surface area contributed by atoms with Crippen LogP contribution in [0.25, 0.3) is 0 Å². The molecule has 0 saturated carbocycles. The maximum atomic E-state index is 10.7. The normalized spacial score (nSPS) is 37.2. The third-order valence-electron chi connectivity index (χ3n) is 1.90. The van der Waals surface area contributed by atoms with E-state index in [0.717, 1.165) is 0 Å². The molecule has 0 N–H and O–H groups in total. The summed E-state index contributed by atoms with van der Waals surface area (Å²) in [5.74, 6) is -1.22. The van der Waals surface area contributed by atoms with E-state index in [1.54, 1.807) is 0 Å². The summed E-state index contributed by atoms with van der Waals surface area (Å²) in [5.41, 5.74) is 0. The monoisotopic (exact) mass is 142 g/mol. The van der Waals surface area contributed by atoms with Gasteiger partial charge in [0.1, 0.15) is 25.0 Å². The lowest BCUT2D eigenvalue weighted by atomic mass is 10.00. The first-order chi connectivity index (χ1) is 4.79. The molecule has 0 aromatic heterocycles. The zero-order valence-electron chi connectivity index (χ0n) is 5.20. The Kier molecular flexibility index (Phi) is 0.977. The first kappa shape index (κ1) is 5.70. The van der Waals surface area contributed by atoms with E-state index >= 15 is 0 Å². The van der Waals surface area contributed by atoms with Crippen LogP contribution in [0.2, 0.25) is 0 Å². The van der Waals surface area contributed by atoms with Crippen molar-refractivity contribution in [2.24, 2.45) is 11.8 Å². The third kappa shape index (κ3) is 0.558. The van der Waals surface area contributed by atoms with Crippen LogP contribution in [0.1, 0.15) is 0 Å². The first-order valence-corrected chi connectivity index (χ1v) is 3.12. The molecular formula is C6H6O4. The van der Waals surface area contributed by atoms with E-state index in [4.69, 9.17) is 0 Å². The molecule has 2 fully saturated rings. The highest BCUT2D eigenvalue weighted by Gasteiger charge is 2.47. The second-order valence-electron chi connectivity index (χ2n) is 2.47. The Morgan fingerprint density at radius 2 is 1.40 bits per heavy atom. The van der Waals surface area contributed by atoms with Crippen LogP contribution in [-0.4, -0.2) is 25.2 Å². The molecule has 2 rings (SSSR count). The van der Waals surface area contributed by atoms with Gasteiger partial charge in [-0.2, -0.15) is 0 Å². The lowest BCUT2D eigenvalue weighted by Crippen LogP contribution is -2.14. The largest absolute Gasteiger partial charge is 0.464 e. The van der Waals surface area contributed by atoms with Gasteiger partial charge in [0.15, 0.2) is 0 Å². The van der Waals surface area contributed by atoms with E-state index in [2.05, 4.69) is 9.47 Å². The van der Waals surface area contributed by atoms with Crippen molar-refractivity contribution >= 4 is 11.9 Å². The minimum atomic E-state index is -0.313. The fourth-order valence-electron chi connectivity index (χ4n) is 1.25. The van der Waals surface area contributed by atoms with Crippen LogP contribution in [0, 0.1) is 11.8 Å². The Bertz CT molecular complexity index is 176. The fraction of sp³-hybridized carbons (Fsp3) is 0.667. The number of ether oxygens (including phenoxy) is 2. The van der Waals surface area contributed by atoms with Crippen molar-refractivity contribution in [1.29, 1.82) is 0 Å². The molecule has 2 aliphatic heterocycles. The van der Waals surface area contributed by atoms with Gasteiger partial charge in [-0.25, -0.2) is 0 Å². The number of fused-ring (bicyclic) bond motifs is 1. The molecule has 0 aromatic carbocycles. The molecular weight excluding hydrogens is 136 g/mol. The number of hydrogen-bond acceptors (Lipinski definition) is 4. The van der Waals surface area contributed by atoms with Gasteiger partial charge in [0.05, 0.1) is 0 Å². The maximum Gasteiger partial charge on any atom is 0.313 e. The third-order valence-corrected chi connectivity index (χ3v) is 1.90. The molecule has 0 radical (unpaired) electrons. The van der Waals surface area contributed by atoms with Crippen molar-refractivity contribution in [2.45, 2.75) is 0 Å². The van der Waals surface area contributed by atoms with Crippen molar-refractivity contribution in [1.82, 2.24) is 0 Å². The molecule has 0 bridgehead atoms. The van der Waals surface area contributed by atoms with Crippen LogP contribution in [0.15, 0.2) is 0 Å². The van der Waals surface area contributed by atoms with Gasteiger partial charge in [0.25, 0.3) is 0 Å². The fourth-order valence-corrected chi connectivity index (χ4v) is 1.25. The molecule has 0 aliphatic carbocycles. The summed E-state index contributed by atoms with van der Waals surface area (Å²) in [7, 11) is 0. The zero-order chi connectivity index (χ0) is 7.14. The molecule has 4 heteroatoms. The number of esters is 2. The maximum absolute atomic E-state index is 10.7. The molecule has 2 atom stereocenters. The first-order valence-electron chi connectivity index (χ1n) is 3.12. The summed E-state index contributed by atoms with van der Waals surface area (Å²) in [4.78, 5) is 21.5. The summed E-state index contributed by atoms with van der Waals surface area (Å²) in [6.45, 7) is 0.421. The summed E-state index contributed by atoms with van der Waals surface area (Å²) >= 11 is 0. The van der Waals surface area contributed by atoms with Gasteiger partial charge in [-0.1, -0.05) is 0 Å². The molecule has 10 heavy (non-hydrogen) atoms. The van der Waals surface area contributed by atoms with Crippen LogP contribution in [0.4, 0.5) is 0 Å². The van der Waals surface area contributed by atoms with E-state index in [1.807, 2.05) is 0 Å². The molecule has 2 aliphatic rings.